The molecule has 112 valence electrons. The van der Waals surface area contributed by atoms with Crippen LogP contribution in [0.15, 0.2) is 0 Å². The van der Waals surface area contributed by atoms with Crippen molar-refractivity contribution < 1.29 is 22.7 Å². The van der Waals surface area contributed by atoms with Crippen molar-refractivity contribution in [2.75, 3.05) is 32.1 Å². The maximum atomic E-state index is 11.6. The number of carbonyl (C=O) groups is 2. The normalized spacial score (nSPS) is 13.3. The molecule has 0 spiro atoms. The van der Waals surface area contributed by atoms with E-state index in [1.807, 2.05) is 6.92 Å². The second-order valence-corrected chi connectivity index (χ2v) is 6.83. The molecule has 0 unspecified atom stereocenters. The quantitative estimate of drug-likeness (QED) is 0.459. The van der Waals surface area contributed by atoms with Gasteiger partial charge in [0, 0.05) is 0 Å². The van der Waals surface area contributed by atoms with Gasteiger partial charge in [0.05, 0.1) is 18.1 Å². The van der Waals surface area contributed by atoms with E-state index in [0.717, 1.165) is 6.42 Å². The summed E-state index contributed by atoms with van der Waals surface area (Å²) in [5.41, 5.74) is 5.43. The van der Waals surface area contributed by atoms with Crippen molar-refractivity contribution in [1.82, 2.24) is 4.90 Å². The molecular formula is C11H22N2O5S. The molecule has 0 aliphatic carbocycles. The van der Waals surface area contributed by atoms with Gasteiger partial charge in [0.15, 0.2) is 9.84 Å². The Morgan fingerprint density at radius 1 is 1.32 bits per heavy atom. The molecule has 0 bridgehead atoms. The lowest BCUT2D eigenvalue weighted by Gasteiger charge is -2.12. The highest BCUT2D eigenvalue weighted by Gasteiger charge is 2.25. The molecule has 8 heteroatoms. The van der Waals surface area contributed by atoms with Crippen LogP contribution in [0.5, 0.6) is 0 Å². The molecule has 0 saturated carbocycles. The van der Waals surface area contributed by atoms with Gasteiger partial charge < -0.3 is 10.5 Å². The molecule has 0 aromatic heterocycles. The van der Waals surface area contributed by atoms with Gasteiger partial charge in [-0.15, -0.1) is 0 Å². The van der Waals surface area contributed by atoms with Crippen LogP contribution >= 0.6 is 0 Å². The molecule has 7 nitrogen and oxygen atoms in total. The summed E-state index contributed by atoms with van der Waals surface area (Å²) in [5.74, 6) is -2.28. The van der Waals surface area contributed by atoms with Crippen molar-refractivity contribution in [2.45, 2.75) is 25.8 Å². The van der Waals surface area contributed by atoms with E-state index in [4.69, 9.17) is 5.73 Å². The zero-order chi connectivity index (χ0) is 15.1. The van der Waals surface area contributed by atoms with Gasteiger partial charge in [0.25, 0.3) is 0 Å². The minimum Gasteiger partial charge on any atom is -0.391 e. The second kappa shape index (κ2) is 8.23. The Kier molecular flexibility index (Phi) is 7.81. The average Bonchev–Trinajstić information content (AvgIpc) is 2.24. The Balaban J connectivity index is 4.31. The summed E-state index contributed by atoms with van der Waals surface area (Å²) in [6, 6.07) is -1.33. The lowest BCUT2D eigenvalue weighted by Crippen LogP contribution is -2.41. The first kappa shape index (κ1) is 18.0. The SMILES string of the molecule is CCCCS(=O)(=O)C[C@@H](N)C(=O)OC(=O)CN(C)C. The third-order valence-electron chi connectivity index (χ3n) is 2.20. The maximum absolute atomic E-state index is 11.6. The van der Waals surface area contributed by atoms with E-state index in [2.05, 4.69) is 4.74 Å². The number of rotatable bonds is 8. The van der Waals surface area contributed by atoms with Crippen molar-refractivity contribution in [1.29, 1.82) is 0 Å². The monoisotopic (exact) mass is 294 g/mol. The maximum Gasteiger partial charge on any atom is 0.331 e. The number of carbonyl (C=O) groups excluding carboxylic acids is 2. The molecule has 0 aliphatic rings. The van der Waals surface area contributed by atoms with Crippen LogP contribution < -0.4 is 5.73 Å². The van der Waals surface area contributed by atoms with Crippen LogP contribution in [-0.2, 0) is 24.2 Å². The number of esters is 2. The Bertz CT molecular complexity index is 405. The van der Waals surface area contributed by atoms with Crippen molar-refractivity contribution in [2.24, 2.45) is 5.73 Å². The van der Waals surface area contributed by atoms with E-state index in [0.29, 0.717) is 6.42 Å². The zero-order valence-corrected chi connectivity index (χ0v) is 12.4. The third-order valence-corrected chi connectivity index (χ3v) is 3.98. The van der Waals surface area contributed by atoms with Gasteiger partial charge in [-0.2, -0.15) is 0 Å². The van der Waals surface area contributed by atoms with Crippen LogP contribution in [0.4, 0.5) is 0 Å². The first-order valence-electron chi connectivity index (χ1n) is 6.03. The summed E-state index contributed by atoms with van der Waals surface area (Å²) in [7, 11) is -0.115. The Labute approximate surface area is 114 Å². The molecule has 0 aliphatic heterocycles. The Hall–Kier alpha value is -0.990. The number of likely N-dealkylation sites (N-methyl/N-ethyl adjacent to an activating group) is 1. The Morgan fingerprint density at radius 2 is 1.89 bits per heavy atom. The summed E-state index contributed by atoms with van der Waals surface area (Å²) >= 11 is 0. The van der Waals surface area contributed by atoms with E-state index < -0.39 is 33.6 Å². The smallest absolute Gasteiger partial charge is 0.331 e. The minimum atomic E-state index is -3.39. The molecule has 0 amide bonds. The van der Waals surface area contributed by atoms with Crippen molar-refractivity contribution in [3.05, 3.63) is 0 Å². The summed E-state index contributed by atoms with van der Waals surface area (Å²) < 4.78 is 27.6. The van der Waals surface area contributed by atoms with E-state index in [-0.39, 0.29) is 12.3 Å². The van der Waals surface area contributed by atoms with Crippen molar-refractivity contribution in [3.63, 3.8) is 0 Å². The van der Waals surface area contributed by atoms with Crippen LogP contribution in [0.3, 0.4) is 0 Å². The van der Waals surface area contributed by atoms with Crippen LogP contribution in [-0.4, -0.2) is 63.4 Å². The lowest BCUT2D eigenvalue weighted by molar-refractivity contribution is -0.160. The topological polar surface area (TPSA) is 107 Å². The molecule has 19 heavy (non-hydrogen) atoms. The molecule has 0 heterocycles. The first-order chi connectivity index (χ1) is 8.68. The molecule has 0 fully saturated rings. The van der Waals surface area contributed by atoms with Crippen LogP contribution in [0.2, 0.25) is 0 Å². The zero-order valence-electron chi connectivity index (χ0n) is 11.6. The van der Waals surface area contributed by atoms with E-state index >= 15 is 0 Å². The predicted octanol–water partition coefficient (Wildman–Crippen LogP) is -0.840. The van der Waals surface area contributed by atoms with Gasteiger partial charge in [-0.3, -0.25) is 9.69 Å². The number of sulfone groups is 1. The standard InChI is InChI=1S/C11H22N2O5S/c1-4-5-6-19(16,17)8-9(12)11(15)18-10(14)7-13(2)3/h9H,4-8,12H2,1-3H3/t9-/m1/s1. The van der Waals surface area contributed by atoms with Crippen LogP contribution in [0, 0.1) is 0 Å². The molecule has 0 rings (SSSR count). The van der Waals surface area contributed by atoms with Gasteiger partial charge >= 0.3 is 11.9 Å². The van der Waals surface area contributed by atoms with Crippen LogP contribution in [0.25, 0.3) is 0 Å². The van der Waals surface area contributed by atoms with Gasteiger partial charge in [-0.05, 0) is 20.5 Å². The number of unbranched alkanes of at least 4 members (excludes halogenated alkanes) is 1. The molecule has 0 radical (unpaired) electrons. The van der Waals surface area contributed by atoms with Gasteiger partial charge in [-0.1, -0.05) is 13.3 Å². The average molecular weight is 294 g/mol. The van der Waals surface area contributed by atoms with Gasteiger partial charge in [-0.25, -0.2) is 13.2 Å². The summed E-state index contributed by atoms with van der Waals surface area (Å²) in [6.45, 7) is 1.80. The highest BCUT2D eigenvalue weighted by Crippen LogP contribution is 2.00. The third kappa shape index (κ3) is 8.68. The first-order valence-corrected chi connectivity index (χ1v) is 7.85. The minimum absolute atomic E-state index is 0.0177. The number of hydrogen-bond acceptors (Lipinski definition) is 7. The number of hydrogen-bond donors (Lipinski definition) is 1. The number of ether oxygens (including phenoxy) is 1. The molecular weight excluding hydrogens is 272 g/mol. The molecule has 1 atom stereocenters. The fraction of sp³-hybridized carbons (Fsp3) is 0.818. The summed E-state index contributed by atoms with van der Waals surface area (Å²) in [5, 5.41) is 0. The largest absolute Gasteiger partial charge is 0.391 e. The molecule has 0 saturated heterocycles. The summed E-state index contributed by atoms with van der Waals surface area (Å²) in [4.78, 5) is 24.2. The molecule has 0 aromatic carbocycles. The number of nitrogens with zero attached hydrogens (tertiary/aromatic N) is 1. The summed E-state index contributed by atoms with van der Waals surface area (Å²) in [6.07, 6.45) is 1.25. The van der Waals surface area contributed by atoms with Crippen LogP contribution in [0.1, 0.15) is 19.8 Å². The van der Waals surface area contributed by atoms with Crippen molar-refractivity contribution >= 4 is 21.8 Å². The van der Waals surface area contributed by atoms with E-state index in [1.54, 1.807) is 14.1 Å². The predicted molar refractivity (Wildman–Crippen MR) is 71.2 cm³/mol. The van der Waals surface area contributed by atoms with Gasteiger partial charge in [0.2, 0.25) is 0 Å². The van der Waals surface area contributed by atoms with E-state index in [1.165, 1.54) is 4.90 Å². The highest BCUT2D eigenvalue weighted by molar-refractivity contribution is 7.91. The fourth-order valence-corrected chi connectivity index (χ4v) is 2.85. The Morgan fingerprint density at radius 3 is 2.37 bits per heavy atom. The molecule has 2 N–H and O–H groups in total. The molecule has 0 aromatic rings. The highest BCUT2D eigenvalue weighted by atomic mass is 32.2. The van der Waals surface area contributed by atoms with Gasteiger partial charge in [0.1, 0.15) is 6.04 Å². The number of nitrogens with two attached hydrogens (primary N) is 1. The van der Waals surface area contributed by atoms with E-state index in [9.17, 15) is 18.0 Å². The fourth-order valence-electron chi connectivity index (χ4n) is 1.27. The second-order valence-electron chi connectivity index (χ2n) is 4.61. The lowest BCUT2D eigenvalue weighted by atomic mass is 10.4. The van der Waals surface area contributed by atoms with Crippen molar-refractivity contribution in [3.8, 4) is 0 Å².